The molecule has 1 N–H and O–H groups in total. The Kier molecular flexibility index (Phi) is 3.97. The summed E-state index contributed by atoms with van der Waals surface area (Å²) in [5, 5.41) is 3.35. The number of pyridine rings is 1. The van der Waals surface area contributed by atoms with Crippen molar-refractivity contribution in [2.45, 2.75) is 19.9 Å². The van der Waals surface area contributed by atoms with Crippen molar-refractivity contribution in [1.82, 2.24) is 10.3 Å². The van der Waals surface area contributed by atoms with E-state index in [0.29, 0.717) is 6.54 Å². The van der Waals surface area contributed by atoms with Crippen molar-refractivity contribution < 1.29 is 4.79 Å². The fraction of sp³-hybridized carbons (Fsp3) is 0.294. The van der Waals surface area contributed by atoms with E-state index in [9.17, 15) is 4.79 Å². The van der Waals surface area contributed by atoms with E-state index < -0.39 is 0 Å². The lowest BCUT2D eigenvalue weighted by molar-refractivity contribution is 0.0987. The highest BCUT2D eigenvalue weighted by molar-refractivity contribution is 6.07. The average molecular weight is 281 g/mol. The number of amides is 1. The molecule has 0 atom stereocenters. The standard InChI is InChI=1S/C17H19N3O/c1-2-20(14-6-9-18-10-7-14)17(21)16-5-3-4-13-12-19-11-8-15(13)16/h3-7,9-10,19H,2,8,11-12H2,1H3. The van der Waals surface area contributed by atoms with Crippen molar-refractivity contribution in [3.63, 3.8) is 0 Å². The third kappa shape index (κ3) is 2.67. The maximum absolute atomic E-state index is 12.9. The molecule has 0 radical (unpaired) electrons. The van der Waals surface area contributed by atoms with Gasteiger partial charge in [-0.3, -0.25) is 9.78 Å². The Balaban J connectivity index is 1.98. The predicted octanol–water partition coefficient (Wildman–Crippen LogP) is 2.39. The van der Waals surface area contributed by atoms with Gasteiger partial charge in [0.05, 0.1) is 0 Å². The lowest BCUT2D eigenvalue weighted by atomic mass is 9.94. The topological polar surface area (TPSA) is 45.2 Å². The van der Waals surface area contributed by atoms with Crippen LogP contribution in [0.15, 0.2) is 42.7 Å². The highest BCUT2D eigenvalue weighted by Crippen LogP contribution is 2.22. The quantitative estimate of drug-likeness (QED) is 0.939. The van der Waals surface area contributed by atoms with Gasteiger partial charge >= 0.3 is 0 Å². The molecule has 108 valence electrons. The SMILES string of the molecule is CCN(C(=O)c1cccc2c1CCNC2)c1ccncc1. The molecule has 1 amide bonds. The minimum absolute atomic E-state index is 0.0717. The number of nitrogens with one attached hydrogen (secondary N) is 1. The normalized spacial score (nSPS) is 13.6. The zero-order valence-electron chi connectivity index (χ0n) is 12.2. The van der Waals surface area contributed by atoms with Crippen LogP contribution < -0.4 is 10.2 Å². The molecule has 0 spiro atoms. The number of benzene rings is 1. The molecule has 0 bridgehead atoms. The number of fused-ring (bicyclic) bond motifs is 1. The Morgan fingerprint density at radius 3 is 2.86 bits per heavy atom. The Bertz CT molecular complexity index is 640. The summed E-state index contributed by atoms with van der Waals surface area (Å²) in [6.45, 7) is 4.41. The first-order chi connectivity index (χ1) is 10.3. The number of aromatic nitrogens is 1. The van der Waals surface area contributed by atoms with Crippen molar-refractivity contribution in [3.05, 3.63) is 59.4 Å². The fourth-order valence-electron chi connectivity index (χ4n) is 2.85. The molecule has 1 aliphatic rings. The molecular weight excluding hydrogens is 262 g/mol. The summed E-state index contributed by atoms with van der Waals surface area (Å²) in [5.74, 6) is 0.0717. The number of hydrogen-bond donors (Lipinski definition) is 1. The number of rotatable bonds is 3. The second-order valence-electron chi connectivity index (χ2n) is 5.12. The van der Waals surface area contributed by atoms with Crippen molar-refractivity contribution in [1.29, 1.82) is 0 Å². The van der Waals surface area contributed by atoms with Gasteiger partial charge in [-0.05, 0) is 49.2 Å². The van der Waals surface area contributed by atoms with Crippen molar-refractivity contribution in [2.24, 2.45) is 0 Å². The summed E-state index contributed by atoms with van der Waals surface area (Å²) in [6.07, 6.45) is 4.34. The molecule has 0 aliphatic carbocycles. The second-order valence-corrected chi connectivity index (χ2v) is 5.12. The number of hydrogen-bond acceptors (Lipinski definition) is 3. The summed E-state index contributed by atoms with van der Waals surface area (Å²) in [7, 11) is 0. The van der Waals surface area contributed by atoms with E-state index >= 15 is 0 Å². The van der Waals surface area contributed by atoms with E-state index in [-0.39, 0.29) is 5.91 Å². The van der Waals surface area contributed by atoms with Crippen LogP contribution in [0.3, 0.4) is 0 Å². The maximum Gasteiger partial charge on any atom is 0.258 e. The van der Waals surface area contributed by atoms with Crippen LogP contribution >= 0.6 is 0 Å². The summed E-state index contributed by atoms with van der Waals surface area (Å²) in [6, 6.07) is 9.76. The highest BCUT2D eigenvalue weighted by Gasteiger charge is 2.21. The summed E-state index contributed by atoms with van der Waals surface area (Å²) in [4.78, 5) is 18.8. The molecule has 0 fully saturated rings. The van der Waals surface area contributed by atoms with Crippen LogP contribution in [-0.2, 0) is 13.0 Å². The Morgan fingerprint density at radius 1 is 1.29 bits per heavy atom. The zero-order valence-corrected chi connectivity index (χ0v) is 12.2. The smallest absolute Gasteiger partial charge is 0.258 e. The van der Waals surface area contributed by atoms with Gasteiger partial charge in [0.2, 0.25) is 0 Å². The molecule has 2 heterocycles. The van der Waals surface area contributed by atoms with E-state index in [0.717, 1.165) is 30.8 Å². The van der Waals surface area contributed by atoms with Crippen LogP contribution in [0.2, 0.25) is 0 Å². The van der Waals surface area contributed by atoms with Crippen LogP contribution in [0.1, 0.15) is 28.4 Å². The molecule has 0 saturated heterocycles. The van der Waals surface area contributed by atoms with E-state index in [1.807, 2.05) is 31.2 Å². The molecule has 4 heteroatoms. The van der Waals surface area contributed by atoms with E-state index in [1.165, 1.54) is 11.1 Å². The van der Waals surface area contributed by atoms with Crippen LogP contribution in [0.25, 0.3) is 0 Å². The van der Waals surface area contributed by atoms with Gasteiger partial charge in [0, 0.05) is 36.7 Å². The van der Waals surface area contributed by atoms with Crippen molar-refractivity contribution in [2.75, 3.05) is 18.0 Å². The van der Waals surface area contributed by atoms with Crippen LogP contribution in [0.5, 0.6) is 0 Å². The maximum atomic E-state index is 12.9. The van der Waals surface area contributed by atoms with Gasteiger partial charge in [0.15, 0.2) is 0 Å². The molecule has 3 rings (SSSR count). The molecule has 2 aromatic rings. The molecular formula is C17H19N3O. The molecule has 1 aromatic heterocycles. The van der Waals surface area contributed by atoms with Crippen LogP contribution in [0, 0.1) is 0 Å². The number of carbonyl (C=O) groups is 1. The monoisotopic (exact) mass is 281 g/mol. The molecule has 1 aliphatic heterocycles. The van der Waals surface area contributed by atoms with E-state index in [4.69, 9.17) is 0 Å². The average Bonchev–Trinajstić information content (AvgIpc) is 2.56. The Morgan fingerprint density at radius 2 is 2.10 bits per heavy atom. The molecule has 0 saturated carbocycles. The van der Waals surface area contributed by atoms with Crippen molar-refractivity contribution in [3.8, 4) is 0 Å². The Labute approximate surface area is 124 Å². The minimum atomic E-state index is 0.0717. The molecule has 0 unspecified atom stereocenters. The van der Waals surface area contributed by atoms with Gasteiger partial charge < -0.3 is 10.2 Å². The summed E-state index contributed by atoms with van der Waals surface area (Å²) in [5.41, 5.74) is 4.14. The van der Waals surface area contributed by atoms with E-state index in [1.54, 1.807) is 17.3 Å². The largest absolute Gasteiger partial charge is 0.312 e. The van der Waals surface area contributed by atoms with E-state index in [2.05, 4.69) is 16.4 Å². The van der Waals surface area contributed by atoms with Gasteiger partial charge in [-0.15, -0.1) is 0 Å². The lowest BCUT2D eigenvalue weighted by Crippen LogP contribution is -2.33. The van der Waals surface area contributed by atoms with Gasteiger partial charge in [0.25, 0.3) is 5.91 Å². The van der Waals surface area contributed by atoms with Crippen LogP contribution in [0.4, 0.5) is 5.69 Å². The third-order valence-corrected chi connectivity index (χ3v) is 3.91. The fourth-order valence-corrected chi connectivity index (χ4v) is 2.85. The summed E-state index contributed by atoms with van der Waals surface area (Å²) < 4.78 is 0. The first-order valence-corrected chi connectivity index (χ1v) is 7.34. The Hall–Kier alpha value is -2.20. The molecule has 4 nitrogen and oxygen atoms in total. The second kappa shape index (κ2) is 6.06. The third-order valence-electron chi connectivity index (χ3n) is 3.91. The summed E-state index contributed by atoms with van der Waals surface area (Å²) >= 11 is 0. The first-order valence-electron chi connectivity index (χ1n) is 7.34. The lowest BCUT2D eigenvalue weighted by Gasteiger charge is -2.25. The molecule has 1 aromatic carbocycles. The number of anilines is 1. The number of carbonyl (C=O) groups excluding carboxylic acids is 1. The van der Waals surface area contributed by atoms with Crippen LogP contribution in [-0.4, -0.2) is 24.0 Å². The predicted molar refractivity (Wildman–Crippen MR) is 83.4 cm³/mol. The van der Waals surface area contributed by atoms with Gasteiger partial charge in [-0.2, -0.15) is 0 Å². The van der Waals surface area contributed by atoms with Gasteiger partial charge in [0.1, 0.15) is 0 Å². The van der Waals surface area contributed by atoms with Crippen molar-refractivity contribution >= 4 is 11.6 Å². The highest BCUT2D eigenvalue weighted by atomic mass is 16.2. The van der Waals surface area contributed by atoms with Gasteiger partial charge in [-0.1, -0.05) is 12.1 Å². The first kappa shape index (κ1) is 13.8. The van der Waals surface area contributed by atoms with Gasteiger partial charge in [-0.25, -0.2) is 0 Å². The zero-order chi connectivity index (χ0) is 14.7. The molecule has 21 heavy (non-hydrogen) atoms. The number of nitrogens with zero attached hydrogens (tertiary/aromatic N) is 2. The minimum Gasteiger partial charge on any atom is -0.312 e.